The molecule has 1 heterocycles. The molecule has 0 aromatic carbocycles. The molecule has 1 aromatic heterocycles. The Labute approximate surface area is 70.8 Å². The minimum Gasteiger partial charge on any atom is -0.475 e. The van der Waals surface area contributed by atoms with Crippen molar-refractivity contribution in [2.24, 2.45) is 0 Å². The van der Waals surface area contributed by atoms with Gasteiger partial charge in [0.15, 0.2) is 5.43 Å². The first kappa shape index (κ1) is 8.91. The van der Waals surface area contributed by atoms with Crippen LogP contribution in [0.25, 0.3) is 0 Å². The molecule has 7 nitrogen and oxygen atoms in total. The van der Waals surface area contributed by atoms with E-state index in [-0.39, 0.29) is 0 Å². The molecule has 7 heteroatoms. The molecule has 1 aromatic rings. The van der Waals surface area contributed by atoms with Crippen LogP contribution in [0.15, 0.2) is 16.9 Å². The van der Waals surface area contributed by atoms with Gasteiger partial charge in [-0.1, -0.05) is 0 Å². The number of H-pyrrole nitrogens is 1. The quantitative estimate of drug-likeness (QED) is 0.495. The number of rotatable bonds is 2. The highest BCUT2D eigenvalue weighted by Crippen LogP contribution is 2.03. The number of aromatic carboxylic acids is 1. The van der Waals surface area contributed by atoms with E-state index in [0.29, 0.717) is 6.07 Å². The van der Waals surface area contributed by atoms with Gasteiger partial charge in [0.25, 0.3) is 0 Å². The molecule has 2 N–H and O–H groups in total. The molecule has 0 aliphatic carbocycles. The lowest BCUT2D eigenvalue weighted by molar-refractivity contribution is -0.389. The second-order valence-electron chi connectivity index (χ2n) is 2.18. The summed E-state index contributed by atoms with van der Waals surface area (Å²) in [4.78, 5) is 32.4. The van der Waals surface area contributed by atoms with Crippen molar-refractivity contribution in [2.45, 2.75) is 0 Å². The van der Waals surface area contributed by atoms with Crippen LogP contribution < -0.4 is 5.43 Å². The van der Waals surface area contributed by atoms with Crippen molar-refractivity contribution in [2.75, 3.05) is 0 Å². The number of carbonyl (C=O) groups is 1. The van der Waals surface area contributed by atoms with E-state index in [2.05, 4.69) is 0 Å². The van der Waals surface area contributed by atoms with Crippen LogP contribution >= 0.6 is 0 Å². The average Bonchev–Trinajstić information content (AvgIpc) is 2.03. The summed E-state index contributed by atoms with van der Waals surface area (Å²) >= 11 is 0. The number of carboxylic acid groups (broad SMARTS) is 1. The SMILES string of the molecule is O=C(O)c1cc(=O)cc([N+](=O)[O-])[nH]1. The van der Waals surface area contributed by atoms with E-state index in [1.165, 1.54) is 0 Å². The molecule has 0 bridgehead atoms. The molecule has 0 amide bonds. The van der Waals surface area contributed by atoms with E-state index in [9.17, 15) is 19.7 Å². The normalized spacial score (nSPS) is 9.54. The van der Waals surface area contributed by atoms with E-state index >= 15 is 0 Å². The molecule has 0 aliphatic rings. The third kappa shape index (κ3) is 1.89. The third-order valence-corrected chi connectivity index (χ3v) is 1.26. The van der Waals surface area contributed by atoms with Crippen LogP contribution in [0.1, 0.15) is 10.5 Å². The summed E-state index contributed by atoms with van der Waals surface area (Å²) in [6.07, 6.45) is 0. The van der Waals surface area contributed by atoms with Gasteiger partial charge in [-0.25, -0.2) is 9.78 Å². The predicted octanol–water partition coefficient (Wildman–Crippen LogP) is -0.0187. The number of carboxylic acids is 1. The van der Waals surface area contributed by atoms with Crippen LogP contribution in [0.2, 0.25) is 0 Å². The summed E-state index contributed by atoms with van der Waals surface area (Å²) in [7, 11) is 0. The van der Waals surface area contributed by atoms with Crippen LogP contribution in [0.3, 0.4) is 0 Å². The molecule has 1 rings (SSSR count). The maximum Gasteiger partial charge on any atom is 0.376 e. The minimum absolute atomic E-state index is 0.501. The van der Waals surface area contributed by atoms with Crippen molar-refractivity contribution < 1.29 is 14.8 Å². The van der Waals surface area contributed by atoms with Crippen LogP contribution in [-0.2, 0) is 0 Å². The van der Waals surface area contributed by atoms with Crippen LogP contribution in [0, 0.1) is 10.1 Å². The van der Waals surface area contributed by atoms with Crippen molar-refractivity contribution in [3.05, 3.63) is 38.2 Å². The summed E-state index contributed by atoms with van der Waals surface area (Å²) in [5, 5.41) is 18.6. The molecular weight excluding hydrogens is 180 g/mol. The molecule has 0 saturated carbocycles. The monoisotopic (exact) mass is 184 g/mol. The van der Waals surface area contributed by atoms with Crippen molar-refractivity contribution in [1.82, 2.24) is 4.98 Å². The molecule has 0 unspecified atom stereocenters. The minimum atomic E-state index is -1.42. The van der Waals surface area contributed by atoms with Gasteiger partial charge in [-0.2, -0.15) is 0 Å². The first-order valence-electron chi connectivity index (χ1n) is 3.13. The van der Waals surface area contributed by atoms with Gasteiger partial charge < -0.3 is 15.2 Å². The predicted molar refractivity (Wildman–Crippen MR) is 40.7 cm³/mol. The largest absolute Gasteiger partial charge is 0.475 e. The van der Waals surface area contributed by atoms with E-state index in [1.807, 2.05) is 4.98 Å². The van der Waals surface area contributed by atoms with Gasteiger partial charge in [0.2, 0.25) is 5.69 Å². The first-order valence-corrected chi connectivity index (χ1v) is 3.13. The Balaban J connectivity index is 3.35. The Morgan fingerprint density at radius 2 is 2.15 bits per heavy atom. The van der Waals surface area contributed by atoms with Gasteiger partial charge in [-0.05, 0) is 4.92 Å². The Hall–Kier alpha value is -2.18. The Morgan fingerprint density at radius 3 is 2.62 bits per heavy atom. The highest BCUT2D eigenvalue weighted by atomic mass is 16.6. The van der Waals surface area contributed by atoms with Crippen molar-refractivity contribution >= 4 is 11.8 Å². The summed E-state index contributed by atoms with van der Waals surface area (Å²) < 4.78 is 0. The van der Waals surface area contributed by atoms with Gasteiger partial charge in [0.1, 0.15) is 0 Å². The highest BCUT2D eigenvalue weighted by Gasteiger charge is 2.13. The lowest BCUT2D eigenvalue weighted by Crippen LogP contribution is -2.10. The second-order valence-corrected chi connectivity index (χ2v) is 2.18. The maximum absolute atomic E-state index is 10.7. The van der Waals surface area contributed by atoms with Gasteiger partial charge in [0, 0.05) is 6.07 Å². The topological polar surface area (TPSA) is 113 Å². The van der Waals surface area contributed by atoms with Crippen LogP contribution in [-0.4, -0.2) is 21.0 Å². The zero-order valence-electron chi connectivity index (χ0n) is 6.18. The van der Waals surface area contributed by atoms with Gasteiger partial charge in [-0.15, -0.1) is 0 Å². The number of hydrogen-bond acceptors (Lipinski definition) is 4. The summed E-state index contributed by atoms with van der Waals surface area (Å²) in [6.45, 7) is 0. The maximum atomic E-state index is 10.7. The summed E-state index contributed by atoms with van der Waals surface area (Å²) in [5.74, 6) is -2.05. The molecule has 0 fully saturated rings. The second kappa shape index (κ2) is 3.05. The molecule has 0 spiro atoms. The fraction of sp³-hybridized carbons (Fsp3) is 0. The fourth-order valence-electron chi connectivity index (χ4n) is 0.742. The standard InChI is InChI=1S/C6H4N2O5/c9-3-1-4(6(10)11)7-5(2-3)8(12)13/h1-2H,(H,7,9)(H,10,11). The van der Waals surface area contributed by atoms with E-state index in [4.69, 9.17) is 5.11 Å². The number of hydrogen-bond donors (Lipinski definition) is 2. The molecule has 0 saturated heterocycles. The summed E-state index contributed by atoms with van der Waals surface area (Å²) in [6, 6.07) is 1.49. The number of nitro groups is 1. The number of pyridine rings is 1. The number of nitrogens with zero attached hydrogens (tertiary/aromatic N) is 1. The van der Waals surface area contributed by atoms with Crippen molar-refractivity contribution in [1.29, 1.82) is 0 Å². The molecule has 0 aliphatic heterocycles. The van der Waals surface area contributed by atoms with Gasteiger partial charge >= 0.3 is 11.8 Å². The Bertz CT molecular complexity index is 386. The van der Waals surface area contributed by atoms with E-state index in [0.717, 1.165) is 6.07 Å². The third-order valence-electron chi connectivity index (χ3n) is 1.26. The van der Waals surface area contributed by atoms with Gasteiger partial charge in [-0.3, -0.25) is 4.79 Å². The molecular formula is C6H4N2O5. The highest BCUT2D eigenvalue weighted by molar-refractivity contribution is 5.85. The smallest absolute Gasteiger partial charge is 0.376 e. The molecule has 13 heavy (non-hydrogen) atoms. The Kier molecular flexibility index (Phi) is 2.09. The number of aromatic amines is 1. The lowest BCUT2D eigenvalue weighted by atomic mass is 10.3. The van der Waals surface area contributed by atoms with Crippen molar-refractivity contribution in [3.63, 3.8) is 0 Å². The fourth-order valence-corrected chi connectivity index (χ4v) is 0.742. The Morgan fingerprint density at radius 1 is 1.54 bits per heavy atom. The molecule has 0 atom stereocenters. The number of nitrogens with one attached hydrogen (secondary N) is 1. The zero-order valence-corrected chi connectivity index (χ0v) is 6.18. The van der Waals surface area contributed by atoms with E-state index < -0.39 is 27.8 Å². The van der Waals surface area contributed by atoms with Crippen molar-refractivity contribution in [3.8, 4) is 0 Å². The van der Waals surface area contributed by atoms with Crippen LogP contribution in [0.4, 0.5) is 5.82 Å². The molecule has 0 radical (unpaired) electrons. The van der Waals surface area contributed by atoms with E-state index in [1.54, 1.807) is 0 Å². The first-order chi connectivity index (χ1) is 6.00. The number of aromatic nitrogens is 1. The molecule has 68 valence electrons. The lowest BCUT2D eigenvalue weighted by Gasteiger charge is -1.94. The average molecular weight is 184 g/mol. The zero-order chi connectivity index (χ0) is 10.0. The summed E-state index contributed by atoms with van der Waals surface area (Å²) in [5.41, 5.74) is -1.22. The van der Waals surface area contributed by atoms with Gasteiger partial charge in [0.05, 0.1) is 6.07 Å². The van der Waals surface area contributed by atoms with Crippen LogP contribution in [0.5, 0.6) is 0 Å².